The van der Waals surface area contributed by atoms with E-state index in [-0.39, 0.29) is 12.0 Å². The molecule has 2 aliphatic heterocycles. The zero-order valence-electron chi connectivity index (χ0n) is 18.7. The Morgan fingerprint density at radius 1 is 1.19 bits per heavy atom. The van der Waals surface area contributed by atoms with Crippen molar-refractivity contribution in [3.8, 4) is 0 Å². The number of hydrogen-bond donors (Lipinski definition) is 2. The second kappa shape index (κ2) is 13.2. The van der Waals surface area contributed by atoms with Gasteiger partial charge in [-0.05, 0) is 31.9 Å². The highest BCUT2D eigenvalue weighted by Gasteiger charge is 2.21. The maximum Gasteiger partial charge on any atom is 0.224 e. The van der Waals surface area contributed by atoms with Crippen LogP contribution >= 0.6 is 0 Å². The number of amides is 1. The molecule has 1 aromatic carbocycles. The summed E-state index contributed by atoms with van der Waals surface area (Å²) in [5.41, 5.74) is 1.23. The van der Waals surface area contributed by atoms with Crippen molar-refractivity contribution in [2.75, 3.05) is 70.5 Å². The van der Waals surface area contributed by atoms with E-state index in [1.807, 2.05) is 17.9 Å². The molecule has 1 unspecified atom stereocenters. The van der Waals surface area contributed by atoms with Gasteiger partial charge in [-0.25, -0.2) is 0 Å². The number of carbonyl (C=O) groups excluding carboxylic acids is 1. The van der Waals surface area contributed by atoms with Crippen LogP contribution in [-0.4, -0.2) is 88.5 Å². The van der Waals surface area contributed by atoms with E-state index in [1.165, 1.54) is 5.69 Å². The molecule has 2 heterocycles. The number of carbonyl (C=O) groups is 1. The van der Waals surface area contributed by atoms with E-state index in [0.717, 1.165) is 58.1 Å². The third kappa shape index (κ3) is 8.03. The summed E-state index contributed by atoms with van der Waals surface area (Å²) in [6.45, 7) is 9.62. The molecule has 172 valence electrons. The first-order valence-corrected chi connectivity index (χ1v) is 11.6. The molecule has 0 aromatic heterocycles. The van der Waals surface area contributed by atoms with E-state index in [4.69, 9.17) is 9.47 Å². The van der Waals surface area contributed by atoms with Gasteiger partial charge >= 0.3 is 0 Å². The molecule has 2 saturated heterocycles. The molecule has 3 rings (SSSR count). The van der Waals surface area contributed by atoms with E-state index < -0.39 is 0 Å². The van der Waals surface area contributed by atoms with Crippen molar-refractivity contribution < 1.29 is 14.3 Å². The third-order valence-corrected chi connectivity index (χ3v) is 5.54. The standard InChI is InChI=1S/C23H37N5O3/c1-2-24-23(25-11-6-17-31-21-10-18-30-19-21)26-12-9-22(29)28-15-13-27(14-16-28)20-7-4-3-5-8-20/h3-5,7-8,21H,2,6,9-19H2,1H3,(H2,24,25,26). The van der Waals surface area contributed by atoms with Crippen LogP contribution in [0, 0.1) is 0 Å². The minimum absolute atomic E-state index is 0.197. The van der Waals surface area contributed by atoms with E-state index in [9.17, 15) is 4.79 Å². The van der Waals surface area contributed by atoms with E-state index in [1.54, 1.807) is 0 Å². The molecule has 0 spiro atoms. The van der Waals surface area contributed by atoms with Crippen LogP contribution in [0.1, 0.15) is 26.2 Å². The van der Waals surface area contributed by atoms with Gasteiger partial charge in [-0.2, -0.15) is 0 Å². The summed E-state index contributed by atoms with van der Waals surface area (Å²) in [4.78, 5) is 21.5. The summed E-state index contributed by atoms with van der Waals surface area (Å²) < 4.78 is 11.1. The van der Waals surface area contributed by atoms with E-state index in [2.05, 4.69) is 44.8 Å². The lowest BCUT2D eigenvalue weighted by Crippen LogP contribution is -2.49. The topological polar surface area (TPSA) is 78.4 Å². The molecular formula is C23H37N5O3. The van der Waals surface area contributed by atoms with Gasteiger partial charge in [0.15, 0.2) is 5.96 Å². The van der Waals surface area contributed by atoms with Crippen molar-refractivity contribution in [3.05, 3.63) is 30.3 Å². The summed E-state index contributed by atoms with van der Waals surface area (Å²) in [6, 6.07) is 10.4. The van der Waals surface area contributed by atoms with Gasteiger partial charge in [-0.1, -0.05) is 18.2 Å². The molecule has 1 amide bonds. The van der Waals surface area contributed by atoms with Gasteiger partial charge < -0.3 is 29.9 Å². The van der Waals surface area contributed by atoms with E-state index >= 15 is 0 Å². The van der Waals surface area contributed by atoms with Gasteiger partial charge in [-0.3, -0.25) is 9.79 Å². The van der Waals surface area contributed by atoms with Crippen LogP contribution < -0.4 is 15.5 Å². The van der Waals surface area contributed by atoms with E-state index in [0.29, 0.717) is 32.7 Å². The molecule has 1 aromatic rings. The molecule has 8 heteroatoms. The Labute approximate surface area is 186 Å². The fourth-order valence-corrected chi connectivity index (χ4v) is 3.79. The maximum atomic E-state index is 12.6. The minimum Gasteiger partial charge on any atom is -0.379 e. The molecule has 2 aliphatic rings. The monoisotopic (exact) mass is 431 g/mol. The summed E-state index contributed by atoms with van der Waals surface area (Å²) in [7, 11) is 0. The molecule has 31 heavy (non-hydrogen) atoms. The Morgan fingerprint density at radius 3 is 2.71 bits per heavy atom. The number of nitrogens with zero attached hydrogens (tertiary/aromatic N) is 3. The zero-order chi connectivity index (χ0) is 21.7. The average molecular weight is 432 g/mol. The van der Waals surface area contributed by atoms with Gasteiger partial charge in [0, 0.05) is 71.1 Å². The predicted octanol–water partition coefficient (Wildman–Crippen LogP) is 1.48. The lowest BCUT2D eigenvalue weighted by Gasteiger charge is -2.36. The minimum atomic E-state index is 0.197. The van der Waals surface area contributed by atoms with Crippen molar-refractivity contribution in [1.82, 2.24) is 15.5 Å². The number of benzene rings is 1. The second-order valence-corrected chi connectivity index (χ2v) is 7.85. The number of rotatable bonds is 10. The quantitative estimate of drug-likeness (QED) is 0.332. The SMILES string of the molecule is CCNC(=NCCCOC1CCOC1)NCCC(=O)N1CCN(c2ccccc2)CC1. The number of nitrogens with one attached hydrogen (secondary N) is 2. The summed E-state index contributed by atoms with van der Waals surface area (Å²) in [5, 5.41) is 6.52. The van der Waals surface area contributed by atoms with Gasteiger partial charge in [0.1, 0.15) is 0 Å². The second-order valence-electron chi connectivity index (χ2n) is 7.85. The molecule has 2 fully saturated rings. The number of para-hydroxylation sites is 1. The van der Waals surface area contributed by atoms with Gasteiger partial charge in [-0.15, -0.1) is 0 Å². The van der Waals surface area contributed by atoms with Crippen LogP contribution in [0.4, 0.5) is 5.69 Å². The number of anilines is 1. The molecule has 1 atom stereocenters. The fourth-order valence-electron chi connectivity index (χ4n) is 3.79. The number of piperazine rings is 1. The number of guanidine groups is 1. The van der Waals surface area contributed by atoms with Crippen LogP contribution in [0.3, 0.4) is 0 Å². The highest BCUT2D eigenvalue weighted by atomic mass is 16.5. The number of ether oxygens (including phenoxy) is 2. The van der Waals surface area contributed by atoms with Crippen LogP contribution in [-0.2, 0) is 14.3 Å². The number of aliphatic imine (C=N–C) groups is 1. The normalized spacial score (nSPS) is 19.5. The zero-order valence-corrected chi connectivity index (χ0v) is 18.7. The first kappa shape index (κ1) is 23.3. The van der Waals surface area contributed by atoms with Crippen molar-refractivity contribution in [1.29, 1.82) is 0 Å². The van der Waals surface area contributed by atoms with Gasteiger partial charge in [0.2, 0.25) is 5.91 Å². The van der Waals surface area contributed by atoms with Crippen LogP contribution in [0.15, 0.2) is 35.3 Å². The largest absolute Gasteiger partial charge is 0.379 e. The summed E-state index contributed by atoms with van der Waals surface area (Å²) >= 11 is 0. The molecule has 2 N–H and O–H groups in total. The molecule has 0 aliphatic carbocycles. The first-order valence-electron chi connectivity index (χ1n) is 11.6. The van der Waals surface area contributed by atoms with Crippen LogP contribution in [0.25, 0.3) is 0 Å². The molecule has 8 nitrogen and oxygen atoms in total. The first-order chi connectivity index (χ1) is 15.3. The van der Waals surface area contributed by atoms with Crippen molar-refractivity contribution in [2.24, 2.45) is 4.99 Å². The van der Waals surface area contributed by atoms with Crippen LogP contribution in [0.5, 0.6) is 0 Å². The molecule has 0 bridgehead atoms. The van der Waals surface area contributed by atoms with Crippen molar-refractivity contribution >= 4 is 17.6 Å². The van der Waals surface area contributed by atoms with Crippen molar-refractivity contribution in [3.63, 3.8) is 0 Å². The summed E-state index contributed by atoms with van der Waals surface area (Å²) in [6.07, 6.45) is 2.58. The maximum absolute atomic E-state index is 12.6. The highest BCUT2D eigenvalue weighted by molar-refractivity contribution is 5.81. The number of hydrogen-bond acceptors (Lipinski definition) is 5. The third-order valence-electron chi connectivity index (χ3n) is 5.54. The van der Waals surface area contributed by atoms with Crippen LogP contribution in [0.2, 0.25) is 0 Å². The average Bonchev–Trinajstić information content (AvgIpc) is 3.33. The Hall–Kier alpha value is -2.32. The predicted molar refractivity (Wildman–Crippen MR) is 124 cm³/mol. The molecule has 0 radical (unpaired) electrons. The van der Waals surface area contributed by atoms with Gasteiger partial charge in [0.05, 0.1) is 12.7 Å². The molecular weight excluding hydrogens is 394 g/mol. The Morgan fingerprint density at radius 2 is 2.00 bits per heavy atom. The van der Waals surface area contributed by atoms with Gasteiger partial charge in [0.25, 0.3) is 0 Å². The highest BCUT2D eigenvalue weighted by Crippen LogP contribution is 2.15. The smallest absolute Gasteiger partial charge is 0.224 e. The van der Waals surface area contributed by atoms with Crippen molar-refractivity contribution in [2.45, 2.75) is 32.3 Å². The summed E-state index contributed by atoms with van der Waals surface area (Å²) in [5.74, 6) is 0.955. The Bertz CT molecular complexity index is 671. The Kier molecular flexibility index (Phi) is 9.92. The lowest BCUT2D eigenvalue weighted by atomic mass is 10.2. The fraction of sp³-hybridized carbons (Fsp3) is 0.652. The molecule has 0 saturated carbocycles. The lowest BCUT2D eigenvalue weighted by molar-refractivity contribution is -0.131. The Balaban J connectivity index is 1.31.